The first-order valence-corrected chi connectivity index (χ1v) is 8.51. The summed E-state index contributed by atoms with van der Waals surface area (Å²) in [6, 6.07) is 6.19. The van der Waals surface area contributed by atoms with E-state index in [0.29, 0.717) is 19.4 Å². The molecule has 1 aromatic rings. The molecule has 0 radical (unpaired) electrons. The van der Waals surface area contributed by atoms with Gasteiger partial charge >= 0.3 is 0 Å². The number of hydrogen-bond acceptors (Lipinski definition) is 4. The third-order valence-electron chi connectivity index (χ3n) is 5.06. The second-order valence-electron chi connectivity index (χ2n) is 6.30. The van der Waals surface area contributed by atoms with Gasteiger partial charge in [-0.05, 0) is 37.9 Å². The van der Waals surface area contributed by atoms with Crippen LogP contribution < -0.4 is 15.4 Å². The Morgan fingerprint density at radius 1 is 1.42 bits per heavy atom. The number of nitrogens with one attached hydrogen (secondary N) is 2. The number of amides is 1. The Kier molecular flexibility index (Phi) is 6.49. The smallest absolute Gasteiger partial charge is 0.252 e. The number of halogens is 1. The monoisotopic (exact) mass is 354 g/mol. The van der Waals surface area contributed by atoms with Crippen molar-refractivity contribution >= 4 is 18.3 Å². The number of rotatable bonds is 4. The Hall–Kier alpha value is -1.30. The van der Waals surface area contributed by atoms with Crippen LogP contribution in [0.3, 0.4) is 0 Å². The predicted octanol–water partition coefficient (Wildman–Crippen LogP) is 2.38. The van der Waals surface area contributed by atoms with Crippen molar-refractivity contribution in [2.75, 3.05) is 26.8 Å². The van der Waals surface area contributed by atoms with E-state index in [1.165, 1.54) is 5.56 Å². The SMILES string of the molecule is CCc1cccc2c1OCCC2NC(=O)C1(OC)CCNCC1.Cl. The minimum atomic E-state index is -0.702. The van der Waals surface area contributed by atoms with E-state index in [1.807, 2.05) is 6.07 Å². The summed E-state index contributed by atoms with van der Waals surface area (Å²) in [7, 11) is 1.64. The van der Waals surface area contributed by atoms with Crippen molar-refractivity contribution in [3.8, 4) is 5.75 Å². The number of hydrogen-bond donors (Lipinski definition) is 2. The quantitative estimate of drug-likeness (QED) is 0.871. The molecule has 2 heterocycles. The molecule has 1 atom stereocenters. The van der Waals surface area contributed by atoms with Gasteiger partial charge in [0.05, 0.1) is 12.6 Å². The molecule has 0 aliphatic carbocycles. The number of para-hydroxylation sites is 1. The summed E-state index contributed by atoms with van der Waals surface area (Å²) in [4.78, 5) is 12.9. The average molecular weight is 355 g/mol. The molecule has 0 bridgehead atoms. The topological polar surface area (TPSA) is 59.6 Å². The Morgan fingerprint density at radius 2 is 2.17 bits per heavy atom. The Balaban J connectivity index is 0.00000208. The largest absolute Gasteiger partial charge is 0.493 e. The van der Waals surface area contributed by atoms with Gasteiger partial charge in [0.15, 0.2) is 0 Å². The molecular weight excluding hydrogens is 328 g/mol. The molecule has 2 aliphatic rings. The maximum Gasteiger partial charge on any atom is 0.252 e. The van der Waals surface area contributed by atoms with Crippen molar-refractivity contribution in [2.45, 2.75) is 44.2 Å². The summed E-state index contributed by atoms with van der Waals surface area (Å²) in [6.07, 6.45) is 3.14. The van der Waals surface area contributed by atoms with E-state index in [0.717, 1.165) is 37.2 Å². The molecule has 1 fully saturated rings. The third-order valence-corrected chi connectivity index (χ3v) is 5.06. The number of piperidine rings is 1. The first-order valence-electron chi connectivity index (χ1n) is 8.51. The zero-order chi connectivity index (χ0) is 16.3. The van der Waals surface area contributed by atoms with E-state index >= 15 is 0 Å². The van der Waals surface area contributed by atoms with Crippen molar-refractivity contribution in [1.29, 1.82) is 0 Å². The molecule has 1 aromatic carbocycles. The van der Waals surface area contributed by atoms with Crippen LogP contribution in [0.5, 0.6) is 5.75 Å². The molecule has 0 aromatic heterocycles. The lowest BCUT2D eigenvalue weighted by molar-refractivity contribution is -0.147. The number of benzene rings is 1. The van der Waals surface area contributed by atoms with Crippen LogP contribution in [0, 0.1) is 0 Å². The van der Waals surface area contributed by atoms with E-state index in [1.54, 1.807) is 7.11 Å². The highest BCUT2D eigenvalue weighted by Crippen LogP contribution is 2.36. The van der Waals surface area contributed by atoms with Crippen molar-refractivity contribution in [3.63, 3.8) is 0 Å². The lowest BCUT2D eigenvalue weighted by Gasteiger charge is -2.37. The minimum Gasteiger partial charge on any atom is -0.493 e. The highest BCUT2D eigenvalue weighted by atomic mass is 35.5. The maximum absolute atomic E-state index is 12.9. The van der Waals surface area contributed by atoms with E-state index in [-0.39, 0.29) is 24.4 Å². The van der Waals surface area contributed by atoms with Gasteiger partial charge in [0.25, 0.3) is 5.91 Å². The van der Waals surface area contributed by atoms with Crippen molar-refractivity contribution < 1.29 is 14.3 Å². The number of carbonyl (C=O) groups is 1. The van der Waals surface area contributed by atoms with Gasteiger partial charge in [0.1, 0.15) is 11.4 Å². The fourth-order valence-electron chi connectivity index (χ4n) is 3.56. The van der Waals surface area contributed by atoms with Crippen molar-refractivity contribution in [2.24, 2.45) is 0 Å². The first kappa shape index (κ1) is 19.0. The summed E-state index contributed by atoms with van der Waals surface area (Å²) in [6.45, 7) is 4.38. The van der Waals surface area contributed by atoms with Gasteiger partial charge in [-0.15, -0.1) is 12.4 Å². The minimum absolute atomic E-state index is 0. The van der Waals surface area contributed by atoms with E-state index in [9.17, 15) is 4.79 Å². The Bertz CT molecular complexity index is 573. The molecule has 3 rings (SSSR count). The molecule has 134 valence electrons. The van der Waals surface area contributed by atoms with Crippen molar-refractivity contribution in [3.05, 3.63) is 29.3 Å². The number of methoxy groups -OCH3 is 1. The van der Waals surface area contributed by atoms with Crippen LogP contribution in [0.25, 0.3) is 0 Å². The molecule has 2 aliphatic heterocycles. The Labute approximate surface area is 149 Å². The summed E-state index contributed by atoms with van der Waals surface area (Å²) in [5.41, 5.74) is 1.58. The van der Waals surface area contributed by atoms with Crippen LogP contribution in [0.4, 0.5) is 0 Å². The maximum atomic E-state index is 12.9. The van der Waals surface area contributed by atoms with Crippen LogP contribution in [0.2, 0.25) is 0 Å². The van der Waals surface area contributed by atoms with Gasteiger partial charge in [0.2, 0.25) is 0 Å². The number of carbonyl (C=O) groups excluding carboxylic acids is 1. The number of ether oxygens (including phenoxy) is 2. The zero-order valence-corrected chi connectivity index (χ0v) is 15.2. The van der Waals surface area contributed by atoms with Gasteiger partial charge in [-0.1, -0.05) is 25.1 Å². The molecule has 6 heteroatoms. The number of fused-ring (bicyclic) bond motifs is 1. The van der Waals surface area contributed by atoms with Crippen LogP contribution in [-0.4, -0.2) is 38.3 Å². The lowest BCUT2D eigenvalue weighted by Crippen LogP contribution is -2.55. The van der Waals surface area contributed by atoms with Gasteiger partial charge in [-0.2, -0.15) is 0 Å². The normalized spacial score (nSPS) is 21.8. The summed E-state index contributed by atoms with van der Waals surface area (Å²) < 4.78 is 11.5. The first-order chi connectivity index (χ1) is 11.2. The van der Waals surface area contributed by atoms with Gasteiger partial charge in [-0.3, -0.25) is 4.79 Å². The van der Waals surface area contributed by atoms with Crippen LogP contribution in [0.1, 0.15) is 43.4 Å². The van der Waals surface area contributed by atoms with E-state index in [2.05, 4.69) is 29.7 Å². The van der Waals surface area contributed by atoms with Crippen LogP contribution in [-0.2, 0) is 16.0 Å². The molecule has 0 spiro atoms. The molecule has 1 amide bonds. The highest BCUT2D eigenvalue weighted by molar-refractivity contribution is 5.86. The van der Waals surface area contributed by atoms with Gasteiger partial charge in [-0.25, -0.2) is 0 Å². The average Bonchev–Trinajstić information content (AvgIpc) is 2.62. The van der Waals surface area contributed by atoms with Crippen LogP contribution in [0.15, 0.2) is 18.2 Å². The number of aryl methyl sites for hydroxylation is 1. The summed E-state index contributed by atoms with van der Waals surface area (Å²) in [5, 5.41) is 6.50. The fraction of sp³-hybridized carbons (Fsp3) is 0.611. The molecule has 5 nitrogen and oxygen atoms in total. The second kappa shape index (κ2) is 8.19. The third kappa shape index (κ3) is 3.53. The lowest BCUT2D eigenvalue weighted by atomic mass is 9.89. The summed E-state index contributed by atoms with van der Waals surface area (Å²) >= 11 is 0. The highest BCUT2D eigenvalue weighted by Gasteiger charge is 2.41. The predicted molar refractivity (Wildman–Crippen MR) is 95.9 cm³/mol. The van der Waals surface area contributed by atoms with Gasteiger partial charge in [0, 0.05) is 19.1 Å². The van der Waals surface area contributed by atoms with Gasteiger partial charge < -0.3 is 20.1 Å². The standard InChI is InChI=1S/C18H26N2O3.ClH/c1-3-13-5-4-6-14-15(7-12-23-16(13)14)20-17(21)18(22-2)8-10-19-11-9-18;/h4-6,15,19H,3,7-12H2,1-2H3,(H,20,21);1H. The molecule has 24 heavy (non-hydrogen) atoms. The fourth-order valence-corrected chi connectivity index (χ4v) is 3.56. The van der Waals surface area contributed by atoms with E-state index in [4.69, 9.17) is 9.47 Å². The molecular formula is C18H27ClN2O3. The molecule has 1 unspecified atom stereocenters. The molecule has 1 saturated heterocycles. The van der Waals surface area contributed by atoms with Crippen molar-refractivity contribution in [1.82, 2.24) is 10.6 Å². The molecule has 2 N–H and O–H groups in total. The van der Waals surface area contributed by atoms with E-state index < -0.39 is 5.60 Å². The van der Waals surface area contributed by atoms with Crippen LogP contribution >= 0.6 is 12.4 Å². The Morgan fingerprint density at radius 3 is 2.83 bits per heavy atom. The second-order valence-corrected chi connectivity index (χ2v) is 6.30. The summed E-state index contributed by atoms with van der Waals surface area (Å²) in [5.74, 6) is 0.949. The zero-order valence-electron chi connectivity index (χ0n) is 14.4. The molecule has 0 saturated carbocycles.